The maximum atomic E-state index is 13.1. The number of carbonyl (C=O) groups is 1. The molecule has 3 aromatic rings. The van der Waals surface area contributed by atoms with Crippen LogP contribution in [-0.2, 0) is 10.2 Å². The van der Waals surface area contributed by atoms with Crippen molar-refractivity contribution in [3.63, 3.8) is 0 Å². The van der Waals surface area contributed by atoms with E-state index in [1.807, 2.05) is 38.2 Å². The van der Waals surface area contributed by atoms with Gasteiger partial charge in [-0.15, -0.1) is 0 Å². The molecule has 0 saturated carbocycles. The van der Waals surface area contributed by atoms with Crippen molar-refractivity contribution in [2.24, 2.45) is 0 Å². The average Bonchev–Trinajstić information content (AvgIpc) is 3.05. The molecular formula is C20H21ClN2O3. The molecule has 5 nitrogen and oxygen atoms in total. The highest BCUT2D eigenvalue weighted by molar-refractivity contribution is 6.31. The molecule has 2 aromatic carbocycles. The molecule has 6 heteroatoms. The van der Waals surface area contributed by atoms with Gasteiger partial charge in [0.2, 0.25) is 5.91 Å². The Morgan fingerprint density at radius 1 is 1.12 bits per heavy atom. The SMILES string of the molecule is COc1ccc2[nH]cc(C(C)(C)C(=O)Nc3cc(Cl)ccc3OC)c2c1. The Hall–Kier alpha value is -2.66. The molecule has 1 heterocycles. The summed E-state index contributed by atoms with van der Waals surface area (Å²) in [6.07, 6.45) is 1.86. The number of aromatic amines is 1. The Labute approximate surface area is 157 Å². The Morgan fingerprint density at radius 3 is 2.58 bits per heavy atom. The maximum Gasteiger partial charge on any atom is 0.234 e. The van der Waals surface area contributed by atoms with E-state index in [2.05, 4.69) is 10.3 Å². The molecule has 0 bridgehead atoms. The van der Waals surface area contributed by atoms with E-state index >= 15 is 0 Å². The second kappa shape index (κ2) is 6.92. The topological polar surface area (TPSA) is 63.4 Å². The molecule has 0 unspecified atom stereocenters. The number of fused-ring (bicyclic) bond motifs is 1. The minimum Gasteiger partial charge on any atom is -0.497 e. The Balaban J connectivity index is 1.98. The number of H-pyrrole nitrogens is 1. The third-order valence-corrected chi connectivity index (χ3v) is 4.77. The summed E-state index contributed by atoms with van der Waals surface area (Å²) in [6.45, 7) is 3.75. The summed E-state index contributed by atoms with van der Waals surface area (Å²) < 4.78 is 10.6. The van der Waals surface area contributed by atoms with E-state index in [4.69, 9.17) is 21.1 Å². The van der Waals surface area contributed by atoms with Crippen LogP contribution in [-0.4, -0.2) is 25.1 Å². The molecule has 2 N–H and O–H groups in total. The number of nitrogens with one attached hydrogen (secondary N) is 2. The number of anilines is 1. The molecule has 0 aliphatic carbocycles. The molecular weight excluding hydrogens is 352 g/mol. The van der Waals surface area contributed by atoms with Gasteiger partial charge in [-0.3, -0.25) is 4.79 Å². The van der Waals surface area contributed by atoms with E-state index in [-0.39, 0.29) is 5.91 Å². The third kappa shape index (κ3) is 3.22. The van der Waals surface area contributed by atoms with Gasteiger partial charge in [0.05, 0.1) is 25.3 Å². The molecule has 0 saturated heterocycles. The zero-order valence-corrected chi connectivity index (χ0v) is 15.9. The van der Waals surface area contributed by atoms with E-state index in [1.54, 1.807) is 32.4 Å². The molecule has 0 spiro atoms. The van der Waals surface area contributed by atoms with Gasteiger partial charge in [0.1, 0.15) is 11.5 Å². The zero-order chi connectivity index (χ0) is 18.9. The number of aromatic nitrogens is 1. The second-order valence-electron chi connectivity index (χ2n) is 6.54. The van der Waals surface area contributed by atoms with Crippen molar-refractivity contribution in [3.8, 4) is 11.5 Å². The van der Waals surface area contributed by atoms with Crippen LogP contribution in [0.5, 0.6) is 11.5 Å². The third-order valence-electron chi connectivity index (χ3n) is 4.54. The van der Waals surface area contributed by atoms with E-state index < -0.39 is 5.41 Å². The number of benzene rings is 2. The Bertz CT molecular complexity index is 963. The lowest BCUT2D eigenvalue weighted by atomic mass is 9.83. The summed E-state index contributed by atoms with van der Waals surface area (Å²) in [7, 11) is 3.17. The van der Waals surface area contributed by atoms with Gasteiger partial charge in [-0.25, -0.2) is 0 Å². The number of carbonyl (C=O) groups excluding carboxylic acids is 1. The quantitative estimate of drug-likeness (QED) is 0.679. The van der Waals surface area contributed by atoms with Gasteiger partial charge >= 0.3 is 0 Å². The highest BCUT2D eigenvalue weighted by atomic mass is 35.5. The molecule has 0 aliphatic heterocycles. The molecule has 1 aromatic heterocycles. The van der Waals surface area contributed by atoms with Crippen LogP contribution in [0.4, 0.5) is 5.69 Å². The first-order chi connectivity index (χ1) is 12.4. The summed E-state index contributed by atoms with van der Waals surface area (Å²) in [4.78, 5) is 16.3. The van der Waals surface area contributed by atoms with Crippen molar-refractivity contribution in [2.75, 3.05) is 19.5 Å². The summed E-state index contributed by atoms with van der Waals surface area (Å²) in [5, 5.41) is 4.40. The van der Waals surface area contributed by atoms with Crippen LogP contribution in [0.1, 0.15) is 19.4 Å². The van der Waals surface area contributed by atoms with E-state index in [1.165, 1.54) is 0 Å². The number of hydrogen-bond donors (Lipinski definition) is 2. The fraction of sp³-hybridized carbons (Fsp3) is 0.250. The molecule has 0 aliphatic rings. The number of rotatable bonds is 5. The van der Waals surface area contributed by atoms with Crippen LogP contribution in [0, 0.1) is 0 Å². The predicted molar refractivity (Wildman–Crippen MR) is 105 cm³/mol. The van der Waals surface area contributed by atoms with E-state index in [9.17, 15) is 4.79 Å². The van der Waals surface area contributed by atoms with E-state index in [0.717, 1.165) is 22.2 Å². The monoisotopic (exact) mass is 372 g/mol. The molecule has 1 amide bonds. The predicted octanol–water partition coefficient (Wildman–Crippen LogP) is 4.75. The van der Waals surface area contributed by atoms with Crippen molar-refractivity contribution < 1.29 is 14.3 Å². The summed E-state index contributed by atoms with van der Waals surface area (Å²) >= 11 is 6.06. The molecule has 0 atom stereocenters. The van der Waals surface area contributed by atoms with Crippen molar-refractivity contribution in [3.05, 3.63) is 53.2 Å². The minimum absolute atomic E-state index is 0.165. The molecule has 0 radical (unpaired) electrons. The molecule has 136 valence electrons. The van der Waals surface area contributed by atoms with Gasteiger partial charge in [0, 0.05) is 22.1 Å². The molecule has 26 heavy (non-hydrogen) atoms. The van der Waals surface area contributed by atoms with Crippen LogP contribution in [0.3, 0.4) is 0 Å². The number of hydrogen-bond acceptors (Lipinski definition) is 3. The number of amides is 1. The normalized spacial score (nSPS) is 11.4. The first-order valence-electron chi connectivity index (χ1n) is 8.17. The largest absolute Gasteiger partial charge is 0.497 e. The number of methoxy groups -OCH3 is 2. The number of ether oxygens (including phenoxy) is 2. The lowest BCUT2D eigenvalue weighted by molar-refractivity contribution is -0.120. The molecule has 0 fully saturated rings. The van der Waals surface area contributed by atoms with Crippen LogP contribution in [0.15, 0.2) is 42.6 Å². The van der Waals surface area contributed by atoms with Gasteiger partial charge < -0.3 is 19.8 Å². The second-order valence-corrected chi connectivity index (χ2v) is 6.97. The highest BCUT2D eigenvalue weighted by Gasteiger charge is 2.33. The van der Waals surface area contributed by atoms with Gasteiger partial charge in [-0.1, -0.05) is 11.6 Å². The highest BCUT2D eigenvalue weighted by Crippen LogP contribution is 2.35. The average molecular weight is 373 g/mol. The first kappa shape index (κ1) is 18.1. The van der Waals surface area contributed by atoms with Crippen molar-refractivity contribution in [1.82, 2.24) is 4.98 Å². The van der Waals surface area contributed by atoms with Gasteiger partial charge in [0.25, 0.3) is 0 Å². The Kier molecular flexibility index (Phi) is 4.83. The zero-order valence-electron chi connectivity index (χ0n) is 15.1. The van der Waals surface area contributed by atoms with Crippen molar-refractivity contribution in [2.45, 2.75) is 19.3 Å². The van der Waals surface area contributed by atoms with Gasteiger partial charge in [-0.2, -0.15) is 0 Å². The van der Waals surface area contributed by atoms with Crippen molar-refractivity contribution in [1.29, 1.82) is 0 Å². The van der Waals surface area contributed by atoms with Crippen molar-refractivity contribution >= 4 is 34.1 Å². The summed E-state index contributed by atoms with van der Waals surface area (Å²) in [5.74, 6) is 1.13. The summed E-state index contributed by atoms with van der Waals surface area (Å²) in [5.41, 5.74) is 1.57. The first-order valence-corrected chi connectivity index (χ1v) is 8.55. The molecule has 3 rings (SSSR count). The fourth-order valence-corrected chi connectivity index (χ4v) is 3.09. The standard InChI is InChI=1S/C20H21ClN2O3/c1-20(2,15-11-22-16-7-6-13(25-3)10-14(15)16)19(24)23-17-9-12(21)5-8-18(17)26-4/h5-11,22H,1-4H3,(H,23,24). The van der Waals surface area contributed by atoms with Crippen LogP contribution < -0.4 is 14.8 Å². The summed E-state index contributed by atoms with van der Waals surface area (Å²) in [6, 6.07) is 10.9. The lowest BCUT2D eigenvalue weighted by Gasteiger charge is -2.24. The fourth-order valence-electron chi connectivity index (χ4n) is 2.92. The van der Waals surface area contributed by atoms with Gasteiger partial charge in [-0.05, 0) is 55.8 Å². The lowest BCUT2D eigenvalue weighted by Crippen LogP contribution is -2.34. The number of halogens is 1. The van der Waals surface area contributed by atoms with Crippen LogP contribution in [0.25, 0.3) is 10.9 Å². The smallest absolute Gasteiger partial charge is 0.234 e. The van der Waals surface area contributed by atoms with E-state index in [0.29, 0.717) is 16.5 Å². The maximum absolute atomic E-state index is 13.1. The van der Waals surface area contributed by atoms with Crippen LogP contribution in [0.2, 0.25) is 5.02 Å². The Morgan fingerprint density at radius 2 is 1.88 bits per heavy atom. The van der Waals surface area contributed by atoms with Gasteiger partial charge in [0.15, 0.2) is 0 Å². The van der Waals surface area contributed by atoms with Crippen LogP contribution >= 0.6 is 11.6 Å². The minimum atomic E-state index is -0.794.